The molecule has 7 nitrogen and oxygen atoms in total. The van der Waals surface area contributed by atoms with Gasteiger partial charge in [0.25, 0.3) is 0 Å². The molecule has 0 atom stereocenters. The summed E-state index contributed by atoms with van der Waals surface area (Å²) in [5.74, 6) is -1.06. The summed E-state index contributed by atoms with van der Waals surface area (Å²) in [4.78, 5) is 10.7. The highest BCUT2D eigenvalue weighted by Gasteiger charge is 2.45. The van der Waals surface area contributed by atoms with E-state index in [2.05, 4.69) is 18.9 Å². The summed E-state index contributed by atoms with van der Waals surface area (Å²) in [6.45, 7) is 8.02. The molecular weight excluding hydrogens is 306 g/mol. The normalized spacial score (nSPS) is 21.6. The second-order valence-electron chi connectivity index (χ2n) is 7.26. The van der Waals surface area contributed by atoms with Crippen LogP contribution in [0.1, 0.15) is 40.5 Å². The highest BCUT2D eigenvalue weighted by Crippen LogP contribution is 2.40. The summed E-state index contributed by atoms with van der Waals surface area (Å²) in [5.41, 5.74) is -0.553. The lowest BCUT2D eigenvalue weighted by atomic mass is 9.78. The fourth-order valence-electron chi connectivity index (χ4n) is 2.69. The number of hydrogen-bond donors (Lipinski definition) is 1. The molecule has 0 aromatic carbocycles. The van der Waals surface area contributed by atoms with Crippen molar-refractivity contribution in [2.24, 2.45) is 5.41 Å². The summed E-state index contributed by atoms with van der Waals surface area (Å²) >= 11 is 0. The van der Waals surface area contributed by atoms with Gasteiger partial charge in [0, 0.05) is 18.3 Å². The number of carboxylic acid groups (broad SMARTS) is 1. The number of rotatable bonds is 4. The second kappa shape index (κ2) is 5.34. The van der Waals surface area contributed by atoms with E-state index < -0.39 is 21.5 Å². The lowest BCUT2D eigenvalue weighted by Crippen LogP contribution is -2.55. The number of piperidine rings is 1. The Balaban J connectivity index is 2.35. The minimum atomic E-state index is -3.70. The molecule has 1 saturated heterocycles. The van der Waals surface area contributed by atoms with E-state index in [0.717, 1.165) is 17.5 Å². The SMILES string of the molecule is CC1(C)CCC(C)(C)N(S(=O)(=O)c2cnn(CC(=O)O)c2)C1. The molecule has 0 saturated carbocycles. The fraction of sp³-hybridized carbons (Fsp3) is 0.714. The smallest absolute Gasteiger partial charge is 0.325 e. The number of sulfonamides is 1. The Morgan fingerprint density at radius 3 is 2.55 bits per heavy atom. The summed E-state index contributed by atoms with van der Waals surface area (Å²) < 4.78 is 28.5. The zero-order chi connectivity index (χ0) is 16.8. The van der Waals surface area contributed by atoms with Crippen molar-refractivity contribution < 1.29 is 18.3 Å². The summed E-state index contributed by atoms with van der Waals surface area (Å²) in [6.07, 6.45) is 4.24. The van der Waals surface area contributed by atoms with Gasteiger partial charge in [-0.1, -0.05) is 13.8 Å². The van der Waals surface area contributed by atoms with Crippen LogP contribution in [0.15, 0.2) is 17.3 Å². The van der Waals surface area contributed by atoms with Crippen molar-refractivity contribution in [3.05, 3.63) is 12.4 Å². The molecule has 8 heteroatoms. The molecule has 1 aromatic rings. The van der Waals surface area contributed by atoms with Gasteiger partial charge in [-0.3, -0.25) is 9.48 Å². The van der Waals surface area contributed by atoms with Gasteiger partial charge < -0.3 is 5.11 Å². The average Bonchev–Trinajstić information content (AvgIpc) is 2.81. The molecule has 0 amide bonds. The van der Waals surface area contributed by atoms with E-state index in [1.807, 2.05) is 13.8 Å². The van der Waals surface area contributed by atoms with Crippen molar-refractivity contribution in [1.82, 2.24) is 14.1 Å². The molecule has 2 rings (SSSR count). The zero-order valence-corrected chi connectivity index (χ0v) is 14.2. The zero-order valence-electron chi connectivity index (χ0n) is 13.4. The molecule has 124 valence electrons. The molecule has 1 aliphatic rings. The number of hydrogen-bond acceptors (Lipinski definition) is 4. The molecule has 0 bridgehead atoms. The maximum absolute atomic E-state index is 12.9. The van der Waals surface area contributed by atoms with E-state index in [9.17, 15) is 13.2 Å². The Morgan fingerprint density at radius 1 is 1.32 bits per heavy atom. The van der Waals surface area contributed by atoms with Crippen LogP contribution in [-0.2, 0) is 21.4 Å². The average molecular weight is 329 g/mol. The third kappa shape index (κ3) is 3.33. The predicted octanol–water partition coefficient (Wildman–Crippen LogP) is 1.56. The lowest BCUT2D eigenvalue weighted by molar-refractivity contribution is -0.137. The molecule has 1 aromatic heterocycles. The summed E-state index contributed by atoms with van der Waals surface area (Å²) in [6, 6.07) is 0. The van der Waals surface area contributed by atoms with E-state index in [1.54, 1.807) is 0 Å². The van der Waals surface area contributed by atoms with Crippen molar-refractivity contribution in [3.8, 4) is 0 Å². The van der Waals surface area contributed by atoms with Crippen LogP contribution in [0.3, 0.4) is 0 Å². The predicted molar refractivity (Wildman–Crippen MR) is 80.8 cm³/mol. The third-order valence-electron chi connectivity index (χ3n) is 4.16. The van der Waals surface area contributed by atoms with Crippen molar-refractivity contribution in [2.45, 2.75) is 57.5 Å². The quantitative estimate of drug-likeness (QED) is 0.905. The van der Waals surface area contributed by atoms with E-state index in [-0.39, 0.29) is 16.9 Å². The molecule has 1 N–H and O–H groups in total. The highest BCUT2D eigenvalue weighted by molar-refractivity contribution is 7.89. The highest BCUT2D eigenvalue weighted by atomic mass is 32.2. The molecule has 1 fully saturated rings. The first-order valence-electron chi connectivity index (χ1n) is 7.21. The fourth-order valence-corrected chi connectivity index (χ4v) is 4.64. The number of carboxylic acids is 1. The van der Waals surface area contributed by atoms with Crippen LogP contribution in [0.2, 0.25) is 0 Å². The summed E-state index contributed by atoms with van der Waals surface area (Å²) in [7, 11) is -3.70. The Morgan fingerprint density at radius 2 is 1.95 bits per heavy atom. The van der Waals surface area contributed by atoms with Crippen LogP contribution in [0, 0.1) is 5.41 Å². The molecular formula is C14H23N3O4S. The molecule has 22 heavy (non-hydrogen) atoms. The Labute approximate surface area is 131 Å². The van der Waals surface area contributed by atoms with E-state index in [0.29, 0.717) is 6.54 Å². The molecule has 0 unspecified atom stereocenters. The monoisotopic (exact) mass is 329 g/mol. The van der Waals surface area contributed by atoms with E-state index >= 15 is 0 Å². The van der Waals surface area contributed by atoms with Crippen LogP contribution in [0.5, 0.6) is 0 Å². The third-order valence-corrected chi connectivity index (χ3v) is 6.17. The van der Waals surface area contributed by atoms with Crippen molar-refractivity contribution in [1.29, 1.82) is 0 Å². The van der Waals surface area contributed by atoms with Crippen LogP contribution in [0.4, 0.5) is 0 Å². The van der Waals surface area contributed by atoms with E-state index in [1.165, 1.54) is 16.7 Å². The van der Waals surface area contributed by atoms with Gasteiger partial charge >= 0.3 is 5.97 Å². The lowest BCUT2D eigenvalue weighted by Gasteiger charge is -2.47. The maximum Gasteiger partial charge on any atom is 0.325 e. The summed E-state index contributed by atoms with van der Waals surface area (Å²) in [5, 5.41) is 12.6. The molecule has 0 aliphatic carbocycles. The van der Waals surface area contributed by atoms with E-state index in [4.69, 9.17) is 5.11 Å². The number of nitrogens with zero attached hydrogens (tertiary/aromatic N) is 3. The first kappa shape index (κ1) is 17.0. The first-order chi connectivity index (χ1) is 9.94. The van der Waals surface area contributed by atoms with Gasteiger partial charge in [-0.05, 0) is 32.1 Å². The Bertz CT molecular complexity index is 676. The van der Waals surface area contributed by atoms with Crippen LogP contribution >= 0.6 is 0 Å². The van der Waals surface area contributed by atoms with Gasteiger partial charge in [-0.2, -0.15) is 9.40 Å². The van der Waals surface area contributed by atoms with Gasteiger partial charge in [-0.15, -0.1) is 0 Å². The van der Waals surface area contributed by atoms with Crippen molar-refractivity contribution in [3.63, 3.8) is 0 Å². The van der Waals surface area contributed by atoms with Gasteiger partial charge in [0.1, 0.15) is 11.4 Å². The number of carbonyl (C=O) groups is 1. The second-order valence-corrected chi connectivity index (χ2v) is 9.12. The van der Waals surface area contributed by atoms with Gasteiger partial charge in [0.2, 0.25) is 10.0 Å². The van der Waals surface area contributed by atoms with Crippen LogP contribution in [0.25, 0.3) is 0 Å². The minimum absolute atomic E-state index is 0.0412. The Hall–Kier alpha value is -1.41. The standard InChI is InChI=1S/C14H23N3O4S/c1-13(2)5-6-14(3,4)17(10-13)22(20,21)11-7-15-16(8-11)9-12(18)19/h7-8H,5-6,9-10H2,1-4H3,(H,18,19). The maximum atomic E-state index is 12.9. The van der Waals surface area contributed by atoms with Gasteiger partial charge in [-0.25, -0.2) is 8.42 Å². The van der Waals surface area contributed by atoms with Crippen molar-refractivity contribution >= 4 is 16.0 Å². The molecule has 1 aliphatic heterocycles. The number of aliphatic carboxylic acids is 1. The van der Waals surface area contributed by atoms with Crippen LogP contribution < -0.4 is 0 Å². The minimum Gasteiger partial charge on any atom is -0.480 e. The molecule has 0 radical (unpaired) electrons. The first-order valence-corrected chi connectivity index (χ1v) is 8.65. The number of aromatic nitrogens is 2. The van der Waals surface area contributed by atoms with Gasteiger partial charge in [0.05, 0.1) is 6.20 Å². The van der Waals surface area contributed by atoms with Gasteiger partial charge in [0.15, 0.2) is 0 Å². The Kier molecular flexibility index (Phi) is 4.12. The molecule has 0 spiro atoms. The van der Waals surface area contributed by atoms with Crippen molar-refractivity contribution in [2.75, 3.05) is 6.54 Å². The largest absolute Gasteiger partial charge is 0.480 e. The topological polar surface area (TPSA) is 92.5 Å². The van der Waals surface area contributed by atoms with Crippen LogP contribution in [-0.4, -0.2) is 45.7 Å². The molecule has 2 heterocycles.